The summed E-state index contributed by atoms with van der Waals surface area (Å²) in [6.07, 6.45) is 0.390. The molecule has 1 atom stereocenters. The van der Waals surface area contributed by atoms with Gasteiger partial charge < -0.3 is 10.5 Å². The van der Waals surface area contributed by atoms with E-state index in [4.69, 9.17) is 15.5 Å². The lowest BCUT2D eigenvalue weighted by molar-refractivity contribution is -0.146. The van der Waals surface area contributed by atoms with Crippen LogP contribution in [0.25, 0.3) is 0 Å². The van der Waals surface area contributed by atoms with Crippen molar-refractivity contribution in [3.63, 3.8) is 0 Å². The Bertz CT molecular complexity index is 1060. The van der Waals surface area contributed by atoms with E-state index in [-0.39, 0.29) is 12.1 Å². The minimum absolute atomic E-state index is 0.107. The fourth-order valence-corrected chi connectivity index (χ4v) is 5.81. The first-order valence-electron chi connectivity index (χ1n) is 11.6. The fourth-order valence-electron chi connectivity index (χ4n) is 5.81. The summed E-state index contributed by atoms with van der Waals surface area (Å²) in [4.78, 5) is 19.7. The maximum absolute atomic E-state index is 13.9. The summed E-state index contributed by atoms with van der Waals surface area (Å²) in [7, 11) is 1.68. The molecule has 1 amide bonds. The number of alkyl halides is 3. The number of methoxy groups -OCH3 is 1. The molecule has 2 saturated carbocycles. The monoisotopic (exact) mass is 459 g/mol. The van der Waals surface area contributed by atoms with Crippen LogP contribution in [0.1, 0.15) is 61.6 Å². The summed E-state index contributed by atoms with van der Waals surface area (Å²) in [5.74, 6) is 6.32. The van der Waals surface area contributed by atoms with Crippen molar-refractivity contribution < 1.29 is 22.7 Å². The molecular formula is C25H28F3N3O2. The highest BCUT2D eigenvalue weighted by Crippen LogP contribution is 2.62. The smallest absolute Gasteiger partial charge is 0.381 e. The number of nitrogens with zero attached hydrogens (tertiary/aromatic N) is 2. The van der Waals surface area contributed by atoms with Crippen LogP contribution in [0.5, 0.6) is 0 Å². The van der Waals surface area contributed by atoms with Gasteiger partial charge >= 0.3 is 6.18 Å². The molecule has 1 aliphatic heterocycles. The van der Waals surface area contributed by atoms with Gasteiger partial charge in [-0.3, -0.25) is 9.69 Å². The molecule has 176 valence electrons. The Balaban J connectivity index is 1.57. The number of aliphatic imine (C=N–C) groups is 1. The summed E-state index contributed by atoms with van der Waals surface area (Å²) in [5, 5.41) is 0. The highest BCUT2D eigenvalue weighted by Gasteiger charge is 2.66. The molecule has 0 bridgehead atoms. The van der Waals surface area contributed by atoms with Gasteiger partial charge in [0.05, 0.1) is 12.5 Å². The van der Waals surface area contributed by atoms with Gasteiger partial charge in [0.2, 0.25) is 0 Å². The van der Waals surface area contributed by atoms with Gasteiger partial charge in [-0.2, -0.15) is 13.2 Å². The number of nitrogens with two attached hydrogens (primary N) is 1. The second kappa shape index (κ2) is 7.76. The predicted molar refractivity (Wildman–Crippen MR) is 117 cm³/mol. The van der Waals surface area contributed by atoms with E-state index in [0.29, 0.717) is 25.2 Å². The molecule has 2 N–H and O–H groups in total. The van der Waals surface area contributed by atoms with Crippen LogP contribution < -0.4 is 5.73 Å². The number of halogens is 3. The summed E-state index contributed by atoms with van der Waals surface area (Å²) in [5.41, 5.74) is 6.87. The molecule has 5 nitrogen and oxygen atoms in total. The van der Waals surface area contributed by atoms with Crippen LogP contribution in [0, 0.1) is 23.2 Å². The Labute approximate surface area is 191 Å². The molecular weight excluding hydrogens is 431 g/mol. The predicted octanol–water partition coefficient (Wildman–Crippen LogP) is 3.88. The highest BCUT2D eigenvalue weighted by atomic mass is 19.4. The van der Waals surface area contributed by atoms with Crippen LogP contribution in [0.4, 0.5) is 13.2 Å². The molecule has 1 aromatic carbocycles. The van der Waals surface area contributed by atoms with Crippen molar-refractivity contribution in [1.82, 2.24) is 4.90 Å². The number of ether oxygens (including phenoxy) is 1. The number of rotatable bonds is 3. The second-order valence-electron chi connectivity index (χ2n) is 9.81. The van der Waals surface area contributed by atoms with Gasteiger partial charge in [0.15, 0.2) is 11.5 Å². The lowest BCUT2D eigenvalue weighted by atomic mass is 9.61. The molecule has 0 radical (unpaired) electrons. The largest absolute Gasteiger partial charge is 0.390 e. The van der Waals surface area contributed by atoms with Crippen LogP contribution in [0.3, 0.4) is 0 Å². The number of hydrogen-bond donors (Lipinski definition) is 1. The van der Waals surface area contributed by atoms with Crippen molar-refractivity contribution in [1.29, 1.82) is 0 Å². The summed E-state index contributed by atoms with van der Waals surface area (Å²) < 4.78 is 44.4. The summed E-state index contributed by atoms with van der Waals surface area (Å²) >= 11 is 0. The van der Waals surface area contributed by atoms with E-state index in [1.165, 1.54) is 0 Å². The molecule has 1 unspecified atom stereocenters. The number of carbonyl (C=O) groups is 1. The van der Waals surface area contributed by atoms with E-state index >= 15 is 0 Å². The quantitative estimate of drug-likeness (QED) is 0.698. The zero-order valence-electron chi connectivity index (χ0n) is 18.7. The van der Waals surface area contributed by atoms with Gasteiger partial charge in [-0.05, 0) is 68.2 Å². The first kappa shape index (κ1) is 22.3. The molecule has 0 saturated heterocycles. The van der Waals surface area contributed by atoms with Gasteiger partial charge in [0.25, 0.3) is 5.91 Å². The Kier molecular flexibility index (Phi) is 5.24. The van der Waals surface area contributed by atoms with Crippen molar-refractivity contribution in [3.05, 3.63) is 34.9 Å². The minimum atomic E-state index is -4.39. The molecule has 8 heteroatoms. The van der Waals surface area contributed by atoms with E-state index in [1.54, 1.807) is 7.11 Å². The second-order valence-corrected chi connectivity index (χ2v) is 9.81. The lowest BCUT2D eigenvalue weighted by Crippen LogP contribution is -2.52. The highest BCUT2D eigenvalue weighted by molar-refractivity contribution is 6.08. The molecule has 0 aromatic heterocycles. The molecule has 33 heavy (non-hydrogen) atoms. The van der Waals surface area contributed by atoms with Crippen LogP contribution in [-0.2, 0) is 21.5 Å². The molecule has 4 aliphatic rings. The zero-order valence-corrected chi connectivity index (χ0v) is 18.7. The first-order chi connectivity index (χ1) is 15.7. The van der Waals surface area contributed by atoms with E-state index in [2.05, 4.69) is 11.8 Å². The van der Waals surface area contributed by atoms with Crippen molar-refractivity contribution in [2.75, 3.05) is 13.7 Å². The molecule has 1 heterocycles. The molecule has 2 spiro atoms. The van der Waals surface area contributed by atoms with E-state index < -0.39 is 36.0 Å². The third kappa shape index (κ3) is 3.71. The number of benzene rings is 1. The first-order valence-corrected chi connectivity index (χ1v) is 11.6. The van der Waals surface area contributed by atoms with E-state index in [1.807, 2.05) is 18.2 Å². The van der Waals surface area contributed by atoms with Gasteiger partial charge in [-0.15, -0.1) is 0 Å². The van der Waals surface area contributed by atoms with Crippen molar-refractivity contribution in [2.45, 2.75) is 69.2 Å². The average Bonchev–Trinajstić information content (AvgIpc) is 3.52. The van der Waals surface area contributed by atoms with Crippen LogP contribution >= 0.6 is 0 Å². The van der Waals surface area contributed by atoms with Gasteiger partial charge in [0.1, 0.15) is 0 Å². The number of carbonyl (C=O) groups excluding carboxylic acids is 1. The number of guanidine groups is 1. The molecule has 2 fully saturated rings. The van der Waals surface area contributed by atoms with Crippen molar-refractivity contribution in [2.24, 2.45) is 22.1 Å². The molecule has 5 rings (SSSR count). The Morgan fingerprint density at radius 2 is 1.97 bits per heavy atom. The SMILES string of the molecule is COC1CCC2(CC1)Cc1ccc(C#CC3CC3)cc1C21N=C(N)N(CCC(F)(F)F)C1=O. The third-order valence-electron chi connectivity index (χ3n) is 7.75. The van der Waals surface area contributed by atoms with Gasteiger partial charge in [0, 0.05) is 30.6 Å². The minimum Gasteiger partial charge on any atom is -0.381 e. The van der Waals surface area contributed by atoms with E-state index in [9.17, 15) is 18.0 Å². The van der Waals surface area contributed by atoms with Gasteiger partial charge in [-0.1, -0.05) is 17.9 Å². The molecule has 1 aromatic rings. The average molecular weight is 460 g/mol. The van der Waals surface area contributed by atoms with Crippen LogP contribution in [-0.4, -0.2) is 42.7 Å². The zero-order chi connectivity index (χ0) is 23.4. The Hall–Kier alpha value is -2.53. The fraction of sp³-hybridized carbons (Fsp3) is 0.600. The van der Waals surface area contributed by atoms with Crippen LogP contribution in [0.15, 0.2) is 23.2 Å². The number of hydrogen-bond acceptors (Lipinski definition) is 4. The summed E-state index contributed by atoms with van der Waals surface area (Å²) in [6.45, 7) is -0.521. The Morgan fingerprint density at radius 3 is 2.61 bits per heavy atom. The maximum Gasteiger partial charge on any atom is 0.390 e. The molecule has 3 aliphatic carbocycles. The topological polar surface area (TPSA) is 67.9 Å². The van der Waals surface area contributed by atoms with Crippen LogP contribution in [0.2, 0.25) is 0 Å². The normalized spacial score (nSPS) is 31.0. The van der Waals surface area contributed by atoms with Crippen molar-refractivity contribution in [3.8, 4) is 11.8 Å². The van der Waals surface area contributed by atoms with E-state index in [0.717, 1.165) is 47.3 Å². The standard InChI is InChI=1S/C25H28F3N3O2/c1-33-19-8-10-23(11-9-19)15-18-7-6-17(5-4-16-2-3-16)14-20(18)25(23)21(32)31(22(29)30-25)13-12-24(26,27)28/h6-7,14,16,19H,2-3,8-13,15H2,1H3,(H2,29,30). The number of fused-ring (bicyclic) bond motifs is 3. The van der Waals surface area contributed by atoms with Crippen molar-refractivity contribution >= 4 is 11.9 Å². The van der Waals surface area contributed by atoms with Gasteiger partial charge in [-0.25, -0.2) is 4.99 Å². The Morgan fingerprint density at radius 1 is 1.24 bits per heavy atom. The third-order valence-corrected chi connectivity index (χ3v) is 7.75. The summed E-state index contributed by atoms with van der Waals surface area (Å²) in [6, 6.07) is 5.89. The lowest BCUT2D eigenvalue weighted by Gasteiger charge is -2.45. The number of amides is 1. The maximum atomic E-state index is 13.9.